The second kappa shape index (κ2) is 19.7. The third-order valence-electron chi connectivity index (χ3n) is 10.7. The molecule has 12 nitrogen and oxygen atoms in total. The van der Waals surface area contributed by atoms with Crippen LogP contribution in [0.2, 0.25) is 0 Å². The Kier molecular flexibility index (Phi) is 15.0. The first-order valence-electron chi connectivity index (χ1n) is 21.3. The Morgan fingerprint density at radius 2 is 0.650 bits per heavy atom. The molecule has 0 amide bonds. The van der Waals surface area contributed by atoms with Crippen molar-refractivity contribution >= 4 is 48.2 Å². The predicted molar refractivity (Wildman–Crippen MR) is 233 cm³/mol. The smallest absolute Gasteiger partial charge is 0.306 e. The molecule has 4 aromatic rings. The van der Waals surface area contributed by atoms with E-state index in [1.807, 2.05) is 69.2 Å². The molecule has 0 spiro atoms. The normalized spacial score (nSPS) is 12.3. The Morgan fingerprint density at radius 1 is 0.383 bits per heavy atom. The molecule has 4 N–H and O–H groups in total. The van der Waals surface area contributed by atoms with E-state index in [-0.39, 0.29) is 74.0 Å². The van der Waals surface area contributed by atoms with Crippen LogP contribution < -0.4 is 21.4 Å². The van der Waals surface area contributed by atoms with Gasteiger partial charge in [0.1, 0.15) is 0 Å². The number of carbonyl (C=O) groups is 4. The summed E-state index contributed by atoms with van der Waals surface area (Å²) in [6.45, 7) is 22.9. The minimum Gasteiger partial charge on any atom is -0.463 e. The van der Waals surface area contributed by atoms with Crippen LogP contribution >= 0.6 is 0 Å². The van der Waals surface area contributed by atoms with Crippen LogP contribution in [0.25, 0.3) is 24.3 Å². The largest absolute Gasteiger partial charge is 0.463 e. The van der Waals surface area contributed by atoms with Crippen molar-refractivity contribution in [3.8, 4) is 0 Å². The number of rotatable bonds is 16. The van der Waals surface area contributed by atoms with Gasteiger partial charge < -0.3 is 38.9 Å². The van der Waals surface area contributed by atoms with E-state index in [0.29, 0.717) is 25.7 Å². The summed E-state index contributed by atoms with van der Waals surface area (Å²) in [6.07, 6.45) is 10.0. The molecule has 0 aliphatic carbocycles. The first kappa shape index (κ1) is 45.6. The molecule has 0 atom stereocenters. The highest BCUT2D eigenvalue weighted by Crippen LogP contribution is 2.25. The molecule has 0 radical (unpaired) electrons. The second-order valence-corrected chi connectivity index (χ2v) is 17.0. The summed E-state index contributed by atoms with van der Waals surface area (Å²) in [5.41, 5.74) is 11.3. The maximum absolute atomic E-state index is 12.9. The van der Waals surface area contributed by atoms with Crippen molar-refractivity contribution in [2.24, 2.45) is 0 Å². The van der Waals surface area contributed by atoms with Gasteiger partial charge in [-0.25, -0.2) is 0 Å². The standard InChI is InChI=1S/C48H64N4O8/c1-25(2)57-45(53)17-13-33-29(9)37-21-38-30(10)35(15-19-47(55)59-27(5)6)43(50-38)24-44-36(16-20-48(56)60-28(7)8)32(12)40(52-44)23-42-34(14-18-46(54)58-26(3)4)31(11)39(51-42)22-41(33)49-37/h21-28,49-52H,13-20H2,1-12H3. The lowest BCUT2D eigenvalue weighted by Crippen LogP contribution is -2.16. The number of hydrogen-bond acceptors (Lipinski definition) is 8. The quantitative estimate of drug-likeness (QED) is 0.0759. The summed E-state index contributed by atoms with van der Waals surface area (Å²) in [5, 5.41) is 3.40. The first-order chi connectivity index (χ1) is 28.3. The minimum atomic E-state index is -0.273. The molecule has 8 bridgehead atoms. The average Bonchev–Trinajstić information content (AvgIpc) is 3.79. The molecular weight excluding hydrogens is 761 g/mol. The summed E-state index contributed by atoms with van der Waals surface area (Å²) in [5.74, 6) is -1.08. The van der Waals surface area contributed by atoms with Crippen molar-refractivity contribution in [3.63, 3.8) is 0 Å². The van der Waals surface area contributed by atoms with Crippen molar-refractivity contribution in [2.45, 2.75) is 159 Å². The van der Waals surface area contributed by atoms with E-state index in [1.54, 1.807) is 0 Å². The van der Waals surface area contributed by atoms with Gasteiger partial charge in [0, 0.05) is 69.9 Å². The number of nitrogens with one attached hydrogen (secondary N) is 4. The van der Waals surface area contributed by atoms with E-state index in [4.69, 9.17) is 18.9 Å². The van der Waals surface area contributed by atoms with Gasteiger partial charge in [0.25, 0.3) is 0 Å². The Morgan fingerprint density at radius 3 is 0.967 bits per heavy atom. The number of carbonyl (C=O) groups excluding carboxylic acids is 4. The maximum atomic E-state index is 12.9. The van der Waals surface area contributed by atoms with Crippen molar-refractivity contribution in [2.75, 3.05) is 0 Å². The zero-order valence-electron chi connectivity index (χ0n) is 37.5. The first-order valence-corrected chi connectivity index (χ1v) is 21.3. The number of H-pyrrole nitrogens is 4. The van der Waals surface area contributed by atoms with Crippen LogP contribution in [0.5, 0.6) is 0 Å². The van der Waals surface area contributed by atoms with Crippen LogP contribution in [0, 0.1) is 27.7 Å². The molecule has 5 rings (SSSR count). The SMILES string of the molecule is Cc1c2[nH]c(c1CCC(=O)OC(C)C)C=c1[nH]c(c(CCC(=O)OC(C)C)c1C)=Cc1[nH]c(c(CCC(=O)OC(C)C)c1C)C=c1[nH]c(c(C)c1CCC(=O)OC(C)C)=C2. The van der Waals surface area contributed by atoms with E-state index in [1.165, 1.54) is 0 Å². The summed E-state index contributed by atoms with van der Waals surface area (Å²) < 4.78 is 22.1. The molecule has 0 fully saturated rings. The third-order valence-corrected chi connectivity index (χ3v) is 10.7. The van der Waals surface area contributed by atoms with Gasteiger partial charge in [-0.1, -0.05) is 0 Å². The molecule has 1 aliphatic rings. The average molecular weight is 825 g/mol. The topological polar surface area (TPSA) is 168 Å². The molecule has 1 aliphatic heterocycles. The summed E-state index contributed by atoms with van der Waals surface area (Å²) in [4.78, 5) is 66.1. The summed E-state index contributed by atoms with van der Waals surface area (Å²) in [7, 11) is 0. The molecule has 0 unspecified atom stereocenters. The molecule has 4 aromatic heterocycles. The van der Waals surface area contributed by atoms with Crippen molar-refractivity contribution in [1.82, 2.24) is 19.9 Å². The van der Waals surface area contributed by atoms with Crippen LogP contribution in [-0.4, -0.2) is 68.2 Å². The Bertz CT molecular complexity index is 2480. The van der Waals surface area contributed by atoms with E-state index in [2.05, 4.69) is 58.1 Å². The number of aromatic amines is 4. The molecular formula is C48H64N4O8. The van der Waals surface area contributed by atoms with Gasteiger partial charge in [-0.15, -0.1) is 0 Å². The van der Waals surface area contributed by atoms with Crippen LogP contribution in [0.3, 0.4) is 0 Å². The van der Waals surface area contributed by atoms with Gasteiger partial charge >= 0.3 is 23.9 Å². The maximum Gasteiger partial charge on any atom is 0.306 e. The lowest BCUT2D eigenvalue weighted by Gasteiger charge is -2.08. The van der Waals surface area contributed by atoms with Gasteiger partial charge in [-0.2, -0.15) is 0 Å². The molecule has 0 saturated carbocycles. The van der Waals surface area contributed by atoms with Crippen LogP contribution in [0.15, 0.2) is 0 Å². The minimum absolute atomic E-state index is 0.198. The zero-order chi connectivity index (χ0) is 44.0. The molecule has 60 heavy (non-hydrogen) atoms. The lowest BCUT2D eigenvalue weighted by atomic mass is 10.0. The zero-order valence-corrected chi connectivity index (χ0v) is 37.5. The van der Waals surface area contributed by atoms with Crippen LogP contribution in [0.4, 0.5) is 0 Å². The Balaban J connectivity index is 1.80. The monoisotopic (exact) mass is 824 g/mol. The van der Waals surface area contributed by atoms with E-state index in [0.717, 1.165) is 88.7 Å². The lowest BCUT2D eigenvalue weighted by molar-refractivity contribution is -0.148. The van der Waals surface area contributed by atoms with Crippen molar-refractivity contribution in [1.29, 1.82) is 0 Å². The molecule has 324 valence electrons. The molecule has 0 aromatic carbocycles. The third kappa shape index (κ3) is 11.4. The Labute approximate surface area is 352 Å². The number of hydrogen-bond donors (Lipinski definition) is 4. The van der Waals surface area contributed by atoms with Crippen LogP contribution in [-0.2, 0) is 63.8 Å². The highest BCUT2D eigenvalue weighted by atomic mass is 16.6. The number of ether oxygens (including phenoxy) is 4. The summed E-state index contributed by atoms with van der Waals surface area (Å²) >= 11 is 0. The molecule has 0 saturated heterocycles. The molecule has 5 heterocycles. The fraction of sp³-hybridized carbons (Fsp3) is 0.500. The molecule has 12 heteroatoms. The predicted octanol–water partition coefficient (Wildman–Crippen LogP) is 5.40. The van der Waals surface area contributed by atoms with Gasteiger partial charge in [0.05, 0.1) is 24.4 Å². The number of esters is 4. The van der Waals surface area contributed by atoms with E-state index >= 15 is 0 Å². The summed E-state index contributed by atoms with van der Waals surface area (Å²) in [6, 6.07) is 0. The second-order valence-electron chi connectivity index (χ2n) is 17.0. The van der Waals surface area contributed by atoms with Gasteiger partial charge in [0.2, 0.25) is 0 Å². The van der Waals surface area contributed by atoms with Crippen LogP contribution in [0.1, 0.15) is 148 Å². The van der Waals surface area contributed by atoms with Crippen molar-refractivity contribution in [3.05, 3.63) is 88.7 Å². The highest BCUT2D eigenvalue weighted by molar-refractivity contribution is 5.73. The fourth-order valence-electron chi connectivity index (χ4n) is 7.85. The highest BCUT2D eigenvalue weighted by Gasteiger charge is 2.20. The fourth-order valence-corrected chi connectivity index (χ4v) is 7.85. The van der Waals surface area contributed by atoms with Crippen molar-refractivity contribution < 1.29 is 38.1 Å². The van der Waals surface area contributed by atoms with Gasteiger partial charge in [-0.05, 0) is 178 Å². The number of fused-ring (bicyclic) bond motifs is 8. The van der Waals surface area contributed by atoms with Gasteiger partial charge in [-0.3, -0.25) is 19.2 Å². The number of aromatic nitrogens is 4. The van der Waals surface area contributed by atoms with E-state index < -0.39 is 0 Å². The van der Waals surface area contributed by atoms with Gasteiger partial charge in [0.15, 0.2) is 0 Å². The Hall–Kier alpha value is -5.52. The van der Waals surface area contributed by atoms with E-state index in [9.17, 15) is 19.2 Å².